The lowest BCUT2D eigenvalue weighted by Gasteiger charge is -2.00. The average molecular weight is 286 g/mol. The molecule has 1 aliphatic carbocycles. The van der Waals surface area contributed by atoms with E-state index in [0.29, 0.717) is 11.0 Å². The molecular formula is C16H18N2OS. The minimum absolute atomic E-state index is 0.111. The van der Waals surface area contributed by atoms with E-state index >= 15 is 0 Å². The number of hydrogen-bond donors (Lipinski definition) is 1. The third-order valence-electron chi connectivity index (χ3n) is 3.84. The number of carbonyl (C=O) groups excluding carboxylic acids is 1. The number of rotatable bonds is 4. The number of amides is 1. The fourth-order valence-electron chi connectivity index (χ4n) is 2.26. The van der Waals surface area contributed by atoms with Crippen LogP contribution < -0.4 is 5.32 Å². The number of thiazole rings is 1. The molecule has 20 heavy (non-hydrogen) atoms. The molecule has 104 valence electrons. The summed E-state index contributed by atoms with van der Waals surface area (Å²) in [7, 11) is 0. The topological polar surface area (TPSA) is 42.0 Å². The summed E-state index contributed by atoms with van der Waals surface area (Å²) in [5.41, 5.74) is 3.34. The second-order valence-electron chi connectivity index (χ2n) is 5.40. The van der Waals surface area contributed by atoms with Crippen molar-refractivity contribution in [2.75, 3.05) is 5.32 Å². The van der Waals surface area contributed by atoms with E-state index in [0.717, 1.165) is 24.1 Å². The summed E-state index contributed by atoms with van der Waals surface area (Å²) >= 11 is 1.49. The van der Waals surface area contributed by atoms with Gasteiger partial charge in [0.15, 0.2) is 5.13 Å². The molecule has 0 radical (unpaired) electrons. The lowest BCUT2D eigenvalue weighted by atomic mass is 10.1. The third kappa shape index (κ3) is 2.75. The van der Waals surface area contributed by atoms with Crippen LogP contribution in [0.25, 0.3) is 11.3 Å². The SMILES string of the molecule is CCc1ccc(-c2csc(NC(=O)[C@@H]3C[C@@H]3C)n2)cc1. The highest BCUT2D eigenvalue weighted by Crippen LogP contribution is 2.38. The molecule has 0 bridgehead atoms. The fraction of sp³-hybridized carbons (Fsp3) is 0.375. The molecule has 1 aromatic heterocycles. The number of benzene rings is 1. The quantitative estimate of drug-likeness (QED) is 0.924. The molecule has 1 aliphatic rings. The van der Waals surface area contributed by atoms with Crippen LogP contribution in [-0.4, -0.2) is 10.9 Å². The van der Waals surface area contributed by atoms with Gasteiger partial charge in [0.1, 0.15) is 0 Å². The van der Waals surface area contributed by atoms with E-state index in [1.807, 2.05) is 5.38 Å². The van der Waals surface area contributed by atoms with E-state index in [-0.39, 0.29) is 11.8 Å². The van der Waals surface area contributed by atoms with Gasteiger partial charge in [0.05, 0.1) is 5.69 Å². The van der Waals surface area contributed by atoms with Gasteiger partial charge in [-0.15, -0.1) is 11.3 Å². The lowest BCUT2D eigenvalue weighted by molar-refractivity contribution is -0.117. The maximum Gasteiger partial charge on any atom is 0.229 e. The van der Waals surface area contributed by atoms with Crippen LogP contribution in [0.3, 0.4) is 0 Å². The zero-order valence-electron chi connectivity index (χ0n) is 11.7. The minimum Gasteiger partial charge on any atom is -0.302 e. The zero-order valence-corrected chi connectivity index (χ0v) is 12.5. The third-order valence-corrected chi connectivity index (χ3v) is 4.60. The monoisotopic (exact) mass is 286 g/mol. The van der Waals surface area contributed by atoms with Crippen LogP contribution >= 0.6 is 11.3 Å². The molecule has 1 saturated carbocycles. The molecule has 1 heterocycles. The van der Waals surface area contributed by atoms with Gasteiger partial charge in [0, 0.05) is 16.9 Å². The molecule has 4 heteroatoms. The smallest absolute Gasteiger partial charge is 0.229 e. The van der Waals surface area contributed by atoms with Crippen molar-refractivity contribution >= 4 is 22.4 Å². The van der Waals surface area contributed by atoms with Crippen molar-refractivity contribution in [1.82, 2.24) is 4.98 Å². The number of nitrogens with zero attached hydrogens (tertiary/aromatic N) is 1. The first kappa shape index (κ1) is 13.3. The predicted molar refractivity (Wildman–Crippen MR) is 82.8 cm³/mol. The summed E-state index contributed by atoms with van der Waals surface area (Å²) in [5, 5.41) is 5.61. The summed E-state index contributed by atoms with van der Waals surface area (Å²) in [4.78, 5) is 16.4. The van der Waals surface area contributed by atoms with Gasteiger partial charge in [0.25, 0.3) is 0 Å². The fourth-order valence-corrected chi connectivity index (χ4v) is 2.98. The standard InChI is InChI=1S/C16H18N2OS/c1-3-11-4-6-12(7-5-11)14-9-20-16(17-14)18-15(19)13-8-10(13)2/h4-7,9-10,13H,3,8H2,1-2H3,(H,17,18,19)/t10-,13+/m0/s1. The second kappa shape index (κ2) is 5.37. The van der Waals surface area contributed by atoms with Gasteiger partial charge in [-0.25, -0.2) is 4.98 Å². The van der Waals surface area contributed by atoms with Gasteiger partial charge in [-0.3, -0.25) is 4.79 Å². The Morgan fingerprint density at radius 1 is 1.40 bits per heavy atom. The Morgan fingerprint density at radius 3 is 2.70 bits per heavy atom. The van der Waals surface area contributed by atoms with E-state index in [1.54, 1.807) is 0 Å². The molecular weight excluding hydrogens is 268 g/mol. The molecule has 1 amide bonds. The number of anilines is 1. The molecule has 0 spiro atoms. The highest BCUT2D eigenvalue weighted by atomic mass is 32.1. The Bertz CT molecular complexity index is 618. The van der Waals surface area contributed by atoms with Crippen molar-refractivity contribution < 1.29 is 4.79 Å². The number of nitrogens with one attached hydrogen (secondary N) is 1. The number of aromatic nitrogens is 1. The molecule has 0 saturated heterocycles. The van der Waals surface area contributed by atoms with Crippen LogP contribution in [0.4, 0.5) is 5.13 Å². The van der Waals surface area contributed by atoms with Crippen molar-refractivity contribution in [1.29, 1.82) is 0 Å². The molecule has 3 rings (SSSR count). The van der Waals surface area contributed by atoms with Crippen LogP contribution in [0.15, 0.2) is 29.6 Å². The highest BCUT2D eigenvalue weighted by molar-refractivity contribution is 7.14. The molecule has 2 aromatic rings. The first-order valence-corrected chi connectivity index (χ1v) is 7.91. The van der Waals surface area contributed by atoms with E-state index in [2.05, 4.69) is 48.4 Å². The van der Waals surface area contributed by atoms with E-state index < -0.39 is 0 Å². The summed E-state index contributed by atoms with van der Waals surface area (Å²) in [5.74, 6) is 0.821. The summed E-state index contributed by atoms with van der Waals surface area (Å²) < 4.78 is 0. The van der Waals surface area contributed by atoms with Crippen molar-refractivity contribution in [3.05, 3.63) is 35.2 Å². The maximum absolute atomic E-state index is 11.9. The molecule has 1 N–H and O–H groups in total. The van der Waals surface area contributed by atoms with Gasteiger partial charge in [0.2, 0.25) is 5.91 Å². The van der Waals surface area contributed by atoms with E-state index in [1.165, 1.54) is 16.9 Å². The number of aryl methyl sites for hydroxylation is 1. The summed E-state index contributed by atoms with van der Waals surface area (Å²) in [6.07, 6.45) is 2.04. The Kier molecular flexibility index (Phi) is 3.57. The van der Waals surface area contributed by atoms with Crippen LogP contribution in [-0.2, 0) is 11.2 Å². The summed E-state index contributed by atoms with van der Waals surface area (Å²) in [6.45, 7) is 4.25. The van der Waals surface area contributed by atoms with E-state index in [9.17, 15) is 4.79 Å². The van der Waals surface area contributed by atoms with Gasteiger partial charge < -0.3 is 5.32 Å². The van der Waals surface area contributed by atoms with Crippen molar-refractivity contribution in [3.63, 3.8) is 0 Å². The van der Waals surface area contributed by atoms with Crippen molar-refractivity contribution in [2.45, 2.75) is 26.7 Å². The van der Waals surface area contributed by atoms with Crippen LogP contribution in [0.1, 0.15) is 25.8 Å². The molecule has 2 atom stereocenters. The number of carbonyl (C=O) groups is 1. The van der Waals surface area contributed by atoms with Crippen molar-refractivity contribution in [2.24, 2.45) is 11.8 Å². The zero-order chi connectivity index (χ0) is 14.1. The van der Waals surface area contributed by atoms with E-state index in [4.69, 9.17) is 0 Å². The summed E-state index contributed by atoms with van der Waals surface area (Å²) in [6, 6.07) is 8.42. The van der Waals surface area contributed by atoms with Gasteiger partial charge in [-0.1, -0.05) is 38.1 Å². The molecule has 0 unspecified atom stereocenters. The normalized spacial score (nSPS) is 20.7. The average Bonchev–Trinajstić information content (AvgIpc) is 3.02. The Labute approximate surface area is 123 Å². The Balaban J connectivity index is 1.70. The highest BCUT2D eigenvalue weighted by Gasteiger charge is 2.39. The Hall–Kier alpha value is -1.68. The molecule has 1 fully saturated rings. The largest absolute Gasteiger partial charge is 0.302 e. The van der Waals surface area contributed by atoms with Crippen LogP contribution in [0, 0.1) is 11.8 Å². The second-order valence-corrected chi connectivity index (χ2v) is 6.26. The minimum atomic E-state index is 0.111. The number of hydrogen-bond acceptors (Lipinski definition) is 3. The van der Waals surface area contributed by atoms with Gasteiger partial charge >= 0.3 is 0 Å². The van der Waals surface area contributed by atoms with Crippen LogP contribution in [0.2, 0.25) is 0 Å². The molecule has 0 aliphatic heterocycles. The van der Waals surface area contributed by atoms with Crippen LogP contribution in [0.5, 0.6) is 0 Å². The first-order chi connectivity index (χ1) is 9.67. The molecule has 3 nitrogen and oxygen atoms in total. The van der Waals surface area contributed by atoms with Gasteiger partial charge in [-0.2, -0.15) is 0 Å². The predicted octanol–water partition coefficient (Wildman–Crippen LogP) is 3.97. The Morgan fingerprint density at radius 2 is 2.10 bits per heavy atom. The molecule has 1 aromatic carbocycles. The lowest BCUT2D eigenvalue weighted by Crippen LogP contribution is -2.14. The van der Waals surface area contributed by atoms with Gasteiger partial charge in [-0.05, 0) is 24.3 Å². The maximum atomic E-state index is 11.9. The van der Waals surface area contributed by atoms with Crippen molar-refractivity contribution in [3.8, 4) is 11.3 Å². The first-order valence-electron chi connectivity index (χ1n) is 7.03.